The van der Waals surface area contributed by atoms with Crippen molar-refractivity contribution in [2.45, 2.75) is 88.9 Å². The molecule has 2 heterocycles. The predicted octanol–water partition coefficient (Wildman–Crippen LogP) is 2.43. The molecule has 0 radical (unpaired) electrons. The van der Waals surface area contributed by atoms with E-state index in [-0.39, 0.29) is 0 Å². The van der Waals surface area contributed by atoms with Gasteiger partial charge in [-0.15, -0.1) is 0 Å². The van der Waals surface area contributed by atoms with E-state index in [1.807, 2.05) is 0 Å². The average molecular weight is 350 g/mol. The van der Waals surface area contributed by atoms with E-state index in [4.69, 9.17) is 4.99 Å². The summed E-state index contributed by atoms with van der Waals surface area (Å²) in [7, 11) is 4.59. The van der Waals surface area contributed by atoms with Gasteiger partial charge in [-0.3, -0.25) is 4.99 Å². The average Bonchev–Trinajstić information content (AvgIpc) is 3.10. The molecule has 25 heavy (non-hydrogen) atoms. The van der Waals surface area contributed by atoms with Gasteiger partial charge >= 0.3 is 0 Å². The van der Waals surface area contributed by atoms with Gasteiger partial charge in [-0.2, -0.15) is 0 Å². The molecule has 144 valence electrons. The van der Waals surface area contributed by atoms with E-state index in [0.29, 0.717) is 6.04 Å². The summed E-state index contributed by atoms with van der Waals surface area (Å²) in [5.41, 5.74) is 0. The van der Waals surface area contributed by atoms with Gasteiger partial charge in [0.1, 0.15) is 0 Å². The van der Waals surface area contributed by atoms with Crippen molar-refractivity contribution >= 4 is 5.96 Å². The predicted molar refractivity (Wildman–Crippen MR) is 106 cm³/mol. The number of nitrogens with zero attached hydrogens (tertiary/aromatic N) is 3. The van der Waals surface area contributed by atoms with Crippen LogP contribution in [0.25, 0.3) is 0 Å². The van der Waals surface area contributed by atoms with E-state index >= 15 is 0 Å². The van der Waals surface area contributed by atoms with E-state index in [9.17, 15) is 0 Å². The second kappa shape index (κ2) is 9.22. The topological polar surface area (TPSA) is 42.9 Å². The zero-order chi connectivity index (χ0) is 17.6. The molecule has 5 heteroatoms. The molecule has 2 unspecified atom stereocenters. The highest BCUT2D eigenvalue weighted by Gasteiger charge is 2.36. The van der Waals surface area contributed by atoms with Crippen LogP contribution in [0, 0.1) is 0 Å². The van der Waals surface area contributed by atoms with Gasteiger partial charge < -0.3 is 20.4 Å². The molecule has 2 N–H and O–H groups in total. The van der Waals surface area contributed by atoms with Gasteiger partial charge in [0.25, 0.3) is 0 Å². The maximum atomic E-state index is 4.87. The number of aliphatic imine (C=N–C) groups is 1. The number of fused-ring (bicyclic) bond motifs is 2. The lowest BCUT2D eigenvalue weighted by atomic mass is 9.82. The highest BCUT2D eigenvalue weighted by Crippen LogP contribution is 2.32. The number of hydrogen-bond donors (Lipinski definition) is 2. The Morgan fingerprint density at radius 3 is 2.40 bits per heavy atom. The Kier molecular flexibility index (Phi) is 7.00. The molecule has 1 aliphatic carbocycles. The van der Waals surface area contributed by atoms with Gasteiger partial charge in [-0.05, 0) is 59.5 Å². The number of piperidine rings is 2. The molecule has 0 aromatic rings. The van der Waals surface area contributed by atoms with Crippen LogP contribution in [0.4, 0.5) is 0 Å². The van der Waals surface area contributed by atoms with Gasteiger partial charge in [0.15, 0.2) is 5.96 Å². The van der Waals surface area contributed by atoms with Crippen molar-refractivity contribution in [3.63, 3.8) is 0 Å². The number of hydrogen-bond acceptors (Lipinski definition) is 3. The van der Waals surface area contributed by atoms with Crippen LogP contribution in [-0.4, -0.2) is 73.7 Å². The maximum Gasteiger partial charge on any atom is 0.191 e. The number of nitrogens with one attached hydrogen (secondary N) is 2. The number of likely N-dealkylation sites (N-methyl/N-ethyl adjacent to an activating group) is 1. The molecule has 3 rings (SSSR count). The first-order chi connectivity index (χ1) is 12.2. The van der Waals surface area contributed by atoms with E-state index < -0.39 is 0 Å². The van der Waals surface area contributed by atoms with Gasteiger partial charge in [0.2, 0.25) is 0 Å². The molecule has 2 aliphatic heterocycles. The SMILES string of the molecule is CCNC(=NCCN(C)C1CCCC1)NC1CC2CCCC(C1)N2C. The third-order valence-corrected chi connectivity index (χ3v) is 6.70. The van der Waals surface area contributed by atoms with Gasteiger partial charge in [0.05, 0.1) is 6.54 Å². The Hall–Kier alpha value is -0.810. The largest absolute Gasteiger partial charge is 0.357 e. The summed E-state index contributed by atoms with van der Waals surface area (Å²) in [6, 6.07) is 2.90. The Morgan fingerprint density at radius 1 is 1.08 bits per heavy atom. The van der Waals surface area contributed by atoms with E-state index in [1.165, 1.54) is 57.8 Å². The minimum atomic E-state index is 0.580. The first-order valence-electron chi connectivity index (χ1n) is 10.6. The molecule has 3 fully saturated rings. The van der Waals surface area contributed by atoms with Crippen LogP contribution in [-0.2, 0) is 0 Å². The zero-order valence-corrected chi connectivity index (χ0v) is 16.6. The van der Waals surface area contributed by atoms with Crippen LogP contribution < -0.4 is 10.6 Å². The summed E-state index contributed by atoms with van der Waals surface area (Å²) in [6.07, 6.45) is 12.2. The smallest absolute Gasteiger partial charge is 0.191 e. The van der Waals surface area contributed by atoms with E-state index in [2.05, 4.69) is 41.5 Å². The van der Waals surface area contributed by atoms with E-state index in [1.54, 1.807) is 0 Å². The monoisotopic (exact) mass is 349 g/mol. The second-order valence-corrected chi connectivity index (χ2v) is 8.40. The lowest BCUT2D eigenvalue weighted by molar-refractivity contribution is 0.0526. The molecule has 2 bridgehead atoms. The second-order valence-electron chi connectivity index (χ2n) is 8.40. The van der Waals surface area contributed by atoms with Gasteiger partial charge in [-0.25, -0.2) is 0 Å². The third kappa shape index (κ3) is 5.10. The summed E-state index contributed by atoms with van der Waals surface area (Å²) in [6.45, 7) is 5.05. The van der Waals surface area contributed by atoms with E-state index in [0.717, 1.165) is 43.7 Å². The van der Waals surface area contributed by atoms with Gasteiger partial charge in [-0.1, -0.05) is 19.3 Å². The highest BCUT2D eigenvalue weighted by atomic mass is 15.2. The minimum Gasteiger partial charge on any atom is -0.357 e. The van der Waals surface area contributed by atoms with Crippen molar-refractivity contribution in [3.05, 3.63) is 0 Å². The highest BCUT2D eigenvalue weighted by molar-refractivity contribution is 5.80. The van der Waals surface area contributed by atoms with Crippen molar-refractivity contribution in [3.8, 4) is 0 Å². The first-order valence-corrected chi connectivity index (χ1v) is 10.6. The molecule has 1 saturated carbocycles. The van der Waals surface area contributed by atoms with Crippen LogP contribution in [0.5, 0.6) is 0 Å². The number of rotatable bonds is 6. The molecule has 0 amide bonds. The summed E-state index contributed by atoms with van der Waals surface area (Å²) in [5, 5.41) is 7.20. The fraction of sp³-hybridized carbons (Fsp3) is 0.950. The summed E-state index contributed by atoms with van der Waals surface area (Å²) in [5.74, 6) is 1.02. The van der Waals surface area contributed by atoms with Crippen LogP contribution >= 0.6 is 0 Å². The molecule has 5 nitrogen and oxygen atoms in total. The van der Waals surface area contributed by atoms with Gasteiger partial charge in [0, 0.05) is 37.3 Å². The molecule has 0 aromatic carbocycles. The Balaban J connectivity index is 1.48. The fourth-order valence-electron chi connectivity index (χ4n) is 5.09. The Labute approximate surface area is 154 Å². The molecule has 2 atom stereocenters. The van der Waals surface area contributed by atoms with Crippen molar-refractivity contribution in [2.24, 2.45) is 4.99 Å². The molecule has 0 spiro atoms. The molecular formula is C20H39N5. The van der Waals surface area contributed by atoms with Crippen molar-refractivity contribution in [1.29, 1.82) is 0 Å². The molecular weight excluding hydrogens is 310 g/mol. The van der Waals surface area contributed by atoms with Crippen LogP contribution in [0.15, 0.2) is 4.99 Å². The van der Waals surface area contributed by atoms with Crippen LogP contribution in [0.2, 0.25) is 0 Å². The summed E-state index contributed by atoms with van der Waals surface area (Å²) in [4.78, 5) is 10.0. The maximum absolute atomic E-state index is 4.87. The van der Waals surface area contributed by atoms with Crippen molar-refractivity contribution in [1.82, 2.24) is 20.4 Å². The molecule has 3 aliphatic rings. The normalized spacial score (nSPS) is 31.5. The van der Waals surface area contributed by atoms with Crippen molar-refractivity contribution in [2.75, 3.05) is 33.7 Å². The first kappa shape index (κ1) is 19.0. The Bertz CT molecular complexity index is 418. The standard InChI is InChI=1S/C20H39N5/c1-4-21-20(22-12-13-24(2)17-8-5-6-9-17)23-16-14-18-10-7-11-19(15-16)25(18)3/h16-19H,4-15H2,1-3H3,(H2,21,22,23). The zero-order valence-electron chi connectivity index (χ0n) is 16.6. The van der Waals surface area contributed by atoms with Crippen LogP contribution in [0.3, 0.4) is 0 Å². The molecule has 0 aromatic heterocycles. The lowest BCUT2D eigenvalue weighted by Crippen LogP contribution is -2.56. The van der Waals surface area contributed by atoms with Crippen LogP contribution in [0.1, 0.15) is 64.7 Å². The number of guanidine groups is 1. The fourth-order valence-corrected chi connectivity index (χ4v) is 5.09. The quantitative estimate of drug-likeness (QED) is 0.571. The summed E-state index contributed by atoms with van der Waals surface area (Å²) >= 11 is 0. The third-order valence-electron chi connectivity index (χ3n) is 6.70. The minimum absolute atomic E-state index is 0.580. The molecule has 2 saturated heterocycles. The summed E-state index contributed by atoms with van der Waals surface area (Å²) < 4.78 is 0. The lowest BCUT2D eigenvalue weighted by Gasteiger charge is -2.47. The Morgan fingerprint density at radius 2 is 1.76 bits per heavy atom. The van der Waals surface area contributed by atoms with Crippen molar-refractivity contribution < 1.29 is 0 Å².